The largest absolute Gasteiger partial charge is 0.311 e. The minimum Gasteiger partial charge on any atom is -0.311 e. The summed E-state index contributed by atoms with van der Waals surface area (Å²) in [5.74, 6) is 3.41. The second-order valence-corrected chi connectivity index (χ2v) is 8.03. The molecule has 19 heavy (non-hydrogen) atoms. The molecule has 3 heteroatoms. The minimum absolute atomic E-state index is 0.454. The van der Waals surface area contributed by atoms with E-state index in [4.69, 9.17) is 0 Å². The third-order valence-corrected chi connectivity index (χ3v) is 6.01. The fourth-order valence-corrected chi connectivity index (χ4v) is 4.78. The van der Waals surface area contributed by atoms with E-state index in [1.165, 1.54) is 30.8 Å². The molecule has 114 valence electrons. The average Bonchev–Trinajstić information content (AvgIpc) is 2.35. The van der Waals surface area contributed by atoms with Gasteiger partial charge in [0.05, 0.1) is 0 Å². The normalized spacial score (nSPS) is 24.9. The highest BCUT2D eigenvalue weighted by Crippen LogP contribution is 2.34. The van der Waals surface area contributed by atoms with Crippen LogP contribution < -0.4 is 5.32 Å². The van der Waals surface area contributed by atoms with Crippen LogP contribution in [0.5, 0.6) is 0 Å². The first kappa shape index (κ1) is 17.3. The molecule has 1 fully saturated rings. The van der Waals surface area contributed by atoms with Gasteiger partial charge < -0.3 is 10.2 Å². The first-order valence-electron chi connectivity index (χ1n) is 7.89. The van der Waals surface area contributed by atoms with Crippen LogP contribution in [0.25, 0.3) is 0 Å². The van der Waals surface area contributed by atoms with Gasteiger partial charge in [-0.1, -0.05) is 40.5 Å². The van der Waals surface area contributed by atoms with E-state index in [1.807, 2.05) is 0 Å². The Morgan fingerprint density at radius 3 is 2.37 bits per heavy atom. The Balaban J connectivity index is 2.55. The van der Waals surface area contributed by atoms with E-state index in [0.717, 1.165) is 12.5 Å². The first-order chi connectivity index (χ1) is 8.92. The van der Waals surface area contributed by atoms with E-state index in [1.54, 1.807) is 0 Å². The van der Waals surface area contributed by atoms with Gasteiger partial charge in [-0.2, -0.15) is 11.8 Å². The first-order valence-corrected chi connectivity index (χ1v) is 9.05. The molecule has 1 rings (SSSR count). The molecule has 2 nitrogen and oxygen atoms in total. The average molecular weight is 287 g/mol. The van der Waals surface area contributed by atoms with Gasteiger partial charge in [0.25, 0.3) is 0 Å². The summed E-state index contributed by atoms with van der Waals surface area (Å²) in [7, 11) is 4.46. The van der Waals surface area contributed by atoms with Gasteiger partial charge in [0.1, 0.15) is 0 Å². The van der Waals surface area contributed by atoms with Crippen molar-refractivity contribution in [3.63, 3.8) is 0 Å². The highest BCUT2D eigenvalue weighted by atomic mass is 32.2. The van der Waals surface area contributed by atoms with E-state index in [2.05, 4.69) is 63.8 Å². The van der Waals surface area contributed by atoms with Crippen LogP contribution in [0.3, 0.4) is 0 Å². The van der Waals surface area contributed by atoms with Crippen LogP contribution in [-0.4, -0.2) is 49.1 Å². The summed E-state index contributed by atoms with van der Waals surface area (Å²) in [5, 5.41) is 3.88. The molecule has 1 aliphatic rings. The molecule has 0 aromatic rings. The van der Waals surface area contributed by atoms with Crippen molar-refractivity contribution in [1.82, 2.24) is 10.2 Å². The SMILES string of the molecule is CCC(CC)C(CNC1CSCCC1(C)C)N(C)C. The predicted octanol–water partition coefficient (Wildman–Crippen LogP) is 3.47. The number of rotatable bonds is 7. The number of likely N-dealkylation sites (N-methyl/N-ethyl adjacent to an activating group) is 1. The van der Waals surface area contributed by atoms with Gasteiger partial charge in [-0.25, -0.2) is 0 Å². The van der Waals surface area contributed by atoms with Gasteiger partial charge in [0.2, 0.25) is 0 Å². The smallest absolute Gasteiger partial charge is 0.0242 e. The van der Waals surface area contributed by atoms with Gasteiger partial charge in [-0.15, -0.1) is 0 Å². The molecule has 0 aliphatic carbocycles. The van der Waals surface area contributed by atoms with Crippen molar-refractivity contribution in [3.05, 3.63) is 0 Å². The Labute approximate surface area is 125 Å². The van der Waals surface area contributed by atoms with E-state index >= 15 is 0 Å². The fraction of sp³-hybridized carbons (Fsp3) is 1.00. The maximum atomic E-state index is 3.88. The van der Waals surface area contributed by atoms with Crippen molar-refractivity contribution in [2.45, 2.75) is 59.0 Å². The van der Waals surface area contributed by atoms with E-state index in [9.17, 15) is 0 Å². The molecule has 0 spiro atoms. The number of nitrogens with one attached hydrogen (secondary N) is 1. The maximum Gasteiger partial charge on any atom is 0.0242 e. The van der Waals surface area contributed by atoms with Gasteiger partial charge in [0, 0.05) is 24.4 Å². The number of hydrogen-bond donors (Lipinski definition) is 1. The lowest BCUT2D eigenvalue weighted by atomic mass is 9.82. The third kappa shape index (κ3) is 4.95. The molecule has 2 unspecified atom stereocenters. The van der Waals surface area contributed by atoms with Crippen molar-refractivity contribution < 1.29 is 0 Å². The van der Waals surface area contributed by atoms with Gasteiger partial charge in [-0.3, -0.25) is 0 Å². The Kier molecular flexibility index (Phi) is 7.20. The molecule has 1 N–H and O–H groups in total. The molecule has 2 atom stereocenters. The third-order valence-electron chi connectivity index (χ3n) is 4.95. The molecule has 0 aromatic carbocycles. The Hall–Kier alpha value is 0.270. The van der Waals surface area contributed by atoms with Crippen LogP contribution in [-0.2, 0) is 0 Å². The molecule has 0 saturated carbocycles. The highest BCUT2D eigenvalue weighted by molar-refractivity contribution is 7.99. The second-order valence-electron chi connectivity index (χ2n) is 6.88. The van der Waals surface area contributed by atoms with Gasteiger partial charge >= 0.3 is 0 Å². The lowest BCUT2D eigenvalue weighted by Crippen LogP contribution is -2.52. The van der Waals surface area contributed by atoms with Crippen molar-refractivity contribution in [1.29, 1.82) is 0 Å². The molecule has 1 aliphatic heterocycles. The number of nitrogens with zero attached hydrogens (tertiary/aromatic N) is 1. The van der Waals surface area contributed by atoms with Gasteiger partial charge in [-0.05, 0) is 37.6 Å². The lowest BCUT2D eigenvalue weighted by molar-refractivity contribution is 0.169. The summed E-state index contributed by atoms with van der Waals surface area (Å²) in [6.45, 7) is 10.6. The predicted molar refractivity (Wildman–Crippen MR) is 89.1 cm³/mol. The second kappa shape index (κ2) is 7.90. The van der Waals surface area contributed by atoms with Gasteiger partial charge in [0.15, 0.2) is 0 Å². The van der Waals surface area contributed by atoms with Crippen LogP contribution in [0, 0.1) is 11.3 Å². The summed E-state index contributed by atoms with van der Waals surface area (Å²) < 4.78 is 0. The van der Waals surface area contributed by atoms with Crippen LogP contribution in [0.2, 0.25) is 0 Å². The zero-order valence-corrected chi connectivity index (χ0v) is 14.6. The van der Waals surface area contributed by atoms with Crippen molar-refractivity contribution in [2.75, 3.05) is 32.1 Å². The quantitative estimate of drug-likeness (QED) is 0.771. The van der Waals surface area contributed by atoms with Crippen molar-refractivity contribution in [3.8, 4) is 0 Å². The molecule has 0 radical (unpaired) electrons. The van der Waals surface area contributed by atoms with Crippen LogP contribution in [0.4, 0.5) is 0 Å². The number of thioether (sulfide) groups is 1. The molecular weight excluding hydrogens is 252 g/mol. The summed E-state index contributed by atoms with van der Waals surface area (Å²) in [6, 6.07) is 1.33. The minimum atomic E-state index is 0.454. The van der Waals surface area contributed by atoms with E-state index in [0.29, 0.717) is 17.5 Å². The molecule has 1 saturated heterocycles. The van der Waals surface area contributed by atoms with Crippen molar-refractivity contribution >= 4 is 11.8 Å². The summed E-state index contributed by atoms with van der Waals surface area (Å²) in [5.41, 5.74) is 0.454. The molecule has 0 bridgehead atoms. The van der Waals surface area contributed by atoms with E-state index in [-0.39, 0.29) is 0 Å². The zero-order valence-electron chi connectivity index (χ0n) is 13.8. The molecule has 1 heterocycles. The fourth-order valence-electron chi connectivity index (χ4n) is 3.14. The maximum absolute atomic E-state index is 3.88. The Morgan fingerprint density at radius 1 is 1.26 bits per heavy atom. The molecule has 0 amide bonds. The number of hydrogen-bond acceptors (Lipinski definition) is 3. The monoisotopic (exact) mass is 286 g/mol. The topological polar surface area (TPSA) is 15.3 Å². The lowest BCUT2D eigenvalue weighted by Gasteiger charge is -2.41. The summed E-state index contributed by atoms with van der Waals surface area (Å²) >= 11 is 2.11. The zero-order chi connectivity index (χ0) is 14.5. The summed E-state index contributed by atoms with van der Waals surface area (Å²) in [4.78, 5) is 2.41. The Morgan fingerprint density at radius 2 is 1.89 bits per heavy atom. The van der Waals surface area contributed by atoms with Crippen LogP contribution in [0.1, 0.15) is 47.0 Å². The van der Waals surface area contributed by atoms with Crippen LogP contribution >= 0.6 is 11.8 Å². The molecule has 0 aromatic heterocycles. The van der Waals surface area contributed by atoms with Crippen molar-refractivity contribution in [2.24, 2.45) is 11.3 Å². The highest BCUT2D eigenvalue weighted by Gasteiger charge is 2.33. The Bertz CT molecular complexity index is 249. The van der Waals surface area contributed by atoms with Crippen LogP contribution in [0.15, 0.2) is 0 Å². The standard InChI is InChI=1S/C16H34N2S/c1-7-13(8-2)14(18(5)6)11-17-15-12-19-10-9-16(15,3)4/h13-15,17H,7-12H2,1-6H3. The summed E-state index contributed by atoms with van der Waals surface area (Å²) in [6.07, 6.45) is 3.90. The molecular formula is C16H34N2S. The van der Waals surface area contributed by atoms with E-state index < -0.39 is 0 Å².